The van der Waals surface area contributed by atoms with Crippen molar-refractivity contribution in [1.29, 1.82) is 5.26 Å². The summed E-state index contributed by atoms with van der Waals surface area (Å²) in [6.45, 7) is -0.343. The summed E-state index contributed by atoms with van der Waals surface area (Å²) in [6, 6.07) is 16.3. The van der Waals surface area contributed by atoms with Crippen LogP contribution >= 0.6 is 23.1 Å². The number of para-hydroxylation sites is 1. The summed E-state index contributed by atoms with van der Waals surface area (Å²) in [5.41, 5.74) is 2.00. The minimum Gasteiger partial charge on any atom is -0.456 e. The fraction of sp³-hybridized carbons (Fsp3) is 0.158. The van der Waals surface area contributed by atoms with Crippen LogP contribution in [0, 0.1) is 11.3 Å². The quantitative estimate of drug-likeness (QED) is 0.481. The summed E-state index contributed by atoms with van der Waals surface area (Å²) in [4.78, 5) is 28.1. The van der Waals surface area contributed by atoms with Gasteiger partial charge in [0.1, 0.15) is 0 Å². The Kier molecular flexibility index (Phi) is 6.41. The molecule has 27 heavy (non-hydrogen) atoms. The molecule has 2 aromatic carbocycles. The van der Waals surface area contributed by atoms with Gasteiger partial charge in [-0.2, -0.15) is 5.26 Å². The summed E-state index contributed by atoms with van der Waals surface area (Å²) in [5, 5.41) is 11.3. The number of carbonyl (C=O) groups excluding carboxylic acids is 2. The van der Waals surface area contributed by atoms with Crippen LogP contribution in [-0.4, -0.2) is 29.2 Å². The second kappa shape index (κ2) is 9.16. The molecule has 3 aromatic rings. The Balaban J connectivity index is 1.37. The molecule has 6 nitrogen and oxygen atoms in total. The third-order valence-corrected chi connectivity index (χ3v) is 5.65. The highest BCUT2D eigenvalue weighted by molar-refractivity contribution is 8.01. The van der Waals surface area contributed by atoms with Crippen LogP contribution in [0.25, 0.3) is 10.2 Å². The van der Waals surface area contributed by atoms with Crippen molar-refractivity contribution in [2.75, 3.05) is 17.7 Å². The summed E-state index contributed by atoms with van der Waals surface area (Å²) < 4.78 is 7.00. The number of nitriles is 1. The van der Waals surface area contributed by atoms with E-state index in [4.69, 9.17) is 10.00 Å². The van der Waals surface area contributed by atoms with Gasteiger partial charge in [-0.15, -0.1) is 11.3 Å². The van der Waals surface area contributed by atoms with Gasteiger partial charge in [0.2, 0.25) is 0 Å². The van der Waals surface area contributed by atoms with Gasteiger partial charge in [-0.05, 0) is 36.4 Å². The van der Waals surface area contributed by atoms with E-state index in [1.165, 1.54) is 11.8 Å². The number of carbonyl (C=O) groups is 2. The maximum atomic E-state index is 11.8. The molecule has 3 rings (SSSR count). The molecule has 0 spiro atoms. The second-order valence-corrected chi connectivity index (χ2v) is 7.82. The number of thioether (sulfide) groups is 1. The summed E-state index contributed by atoms with van der Waals surface area (Å²) in [5.74, 6) is -0.318. The molecular formula is C19H15N3O3S2. The Morgan fingerprint density at radius 1 is 1.19 bits per heavy atom. The standard InChI is InChI=1S/C19H15N3O3S2/c20-11-13-5-7-14(8-6-13)21-17(23)12-25-18(24)9-10-26-19-22-15-3-1-2-4-16(15)27-19/h1-8H,9-10,12H2,(H,21,23). The van der Waals surface area contributed by atoms with Crippen molar-refractivity contribution in [1.82, 2.24) is 4.98 Å². The number of hydrogen-bond donors (Lipinski definition) is 1. The van der Waals surface area contributed by atoms with E-state index >= 15 is 0 Å². The number of thiazole rings is 1. The molecule has 1 aromatic heterocycles. The fourth-order valence-corrected chi connectivity index (χ4v) is 4.24. The molecule has 1 amide bonds. The number of ether oxygens (including phenoxy) is 1. The molecule has 0 saturated heterocycles. The van der Waals surface area contributed by atoms with Crippen molar-refractivity contribution in [3.8, 4) is 6.07 Å². The molecule has 0 unspecified atom stereocenters. The van der Waals surface area contributed by atoms with Crippen LogP contribution in [0.3, 0.4) is 0 Å². The SMILES string of the molecule is N#Cc1ccc(NC(=O)COC(=O)CCSc2nc3ccccc3s2)cc1. The largest absolute Gasteiger partial charge is 0.456 e. The number of nitrogens with zero attached hydrogens (tertiary/aromatic N) is 2. The lowest BCUT2D eigenvalue weighted by Crippen LogP contribution is -2.21. The highest BCUT2D eigenvalue weighted by Crippen LogP contribution is 2.29. The average Bonchev–Trinajstić information content (AvgIpc) is 3.10. The number of fused-ring (bicyclic) bond motifs is 1. The first-order valence-electron chi connectivity index (χ1n) is 8.08. The zero-order valence-corrected chi connectivity index (χ0v) is 15.8. The van der Waals surface area contributed by atoms with Crippen molar-refractivity contribution in [2.24, 2.45) is 0 Å². The van der Waals surface area contributed by atoms with E-state index in [1.54, 1.807) is 35.6 Å². The van der Waals surface area contributed by atoms with Crippen molar-refractivity contribution >= 4 is 50.9 Å². The number of amides is 1. The molecular weight excluding hydrogens is 382 g/mol. The number of nitrogens with one attached hydrogen (secondary N) is 1. The lowest BCUT2D eigenvalue weighted by Gasteiger charge is -2.06. The van der Waals surface area contributed by atoms with Gasteiger partial charge in [-0.3, -0.25) is 9.59 Å². The van der Waals surface area contributed by atoms with E-state index in [-0.39, 0.29) is 13.0 Å². The van der Waals surface area contributed by atoms with Crippen molar-refractivity contribution in [3.05, 3.63) is 54.1 Å². The summed E-state index contributed by atoms with van der Waals surface area (Å²) in [6.07, 6.45) is 0.199. The predicted molar refractivity (Wildman–Crippen MR) is 106 cm³/mol. The molecule has 0 aliphatic carbocycles. The Morgan fingerprint density at radius 2 is 1.96 bits per heavy atom. The maximum absolute atomic E-state index is 11.8. The number of benzene rings is 2. The smallest absolute Gasteiger partial charge is 0.307 e. The number of hydrogen-bond acceptors (Lipinski definition) is 7. The third kappa shape index (κ3) is 5.54. The van der Waals surface area contributed by atoms with E-state index in [2.05, 4.69) is 10.3 Å². The Labute approximate surface area is 164 Å². The van der Waals surface area contributed by atoms with Crippen molar-refractivity contribution in [2.45, 2.75) is 10.8 Å². The molecule has 1 heterocycles. The van der Waals surface area contributed by atoms with E-state index in [0.717, 1.165) is 14.6 Å². The highest BCUT2D eigenvalue weighted by Gasteiger charge is 2.10. The molecule has 0 aliphatic heterocycles. The Hall–Kier alpha value is -2.89. The van der Waals surface area contributed by atoms with E-state index in [9.17, 15) is 9.59 Å². The monoisotopic (exact) mass is 397 g/mol. The van der Waals surface area contributed by atoms with Crippen LogP contribution in [-0.2, 0) is 14.3 Å². The van der Waals surface area contributed by atoms with Gasteiger partial charge in [0.15, 0.2) is 10.9 Å². The highest BCUT2D eigenvalue weighted by atomic mass is 32.2. The van der Waals surface area contributed by atoms with Crippen molar-refractivity contribution in [3.63, 3.8) is 0 Å². The molecule has 0 aliphatic rings. The summed E-state index contributed by atoms with van der Waals surface area (Å²) >= 11 is 3.08. The van der Waals surface area contributed by atoms with Crippen LogP contribution in [0.15, 0.2) is 52.9 Å². The molecule has 0 bridgehead atoms. The second-order valence-electron chi connectivity index (χ2n) is 5.44. The lowest BCUT2D eigenvalue weighted by molar-refractivity contribution is -0.146. The minimum atomic E-state index is -0.432. The first-order valence-corrected chi connectivity index (χ1v) is 9.88. The zero-order chi connectivity index (χ0) is 19.1. The fourth-order valence-electron chi connectivity index (χ4n) is 2.18. The van der Waals surface area contributed by atoms with Crippen LogP contribution in [0.2, 0.25) is 0 Å². The maximum Gasteiger partial charge on any atom is 0.307 e. The molecule has 136 valence electrons. The first kappa shape index (κ1) is 18.9. The van der Waals surface area contributed by atoms with E-state index < -0.39 is 11.9 Å². The average molecular weight is 397 g/mol. The van der Waals surface area contributed by atoms with Gasteiger partial charge in [-0.25, -0.2) is 4.98 Å². The van der Waals surface area contributed by atoms with Crippen LogP contribution < -0.4 is 5.32 Å². The zero-order valence-electron chi connectivity index (χ0n) is 14.2. The Morgan fingerprint density at radius 3 is 2.70 bits per heavy atom. The number of anilines is 1. The molecule has 0 atom stereocenters. The Bertz CT molecular complexity index is 960. The van der Waals surface area contributed by atoms with Crippen LogP contribution in [0.4, 0.5) is 5.69 Å². The molecule has 1 N–H and O–H groups in total. The molecule has 0 radical (unpaired) electrons. The number of aromatic nitrogens is 1. The normalized spacial score (nSPS) is 10.3. The van der Waals surface area contributed by atoms with Gasteiger partial charge in [0, 0.05) is 11.4 Å². The van der Waals surface area contributed by atoms with E-state index in [1.807, 2.05) is 30.3 Å². The topological polar surface area (TPSA) is 92.1 Å². The lowest BCUT2D eigenvalue weighted by atomic mass is 10.2. The van der Waals surface area contributed by atoms with Crippen LogP contribution in [0.5, 0.6) is 0 Å². The van der Waals surface area contributed by atoms with Gasteiger partial charge < -0.3 is 10.1 Å². The number of rotatable bonds is 7. The van der Waals surface area contributed by atoms with E-state index in [0.29, 0.717) is 17.0 Å². The number of esters is 1. The molecule has 0 fully saturated rings. The predicted octanol–water partition coefficient (Wildman–Crippen LogP) is 3.83. The van der Waals surface area contributed by atoms with Gasteiger partial charge in [-0.1, -0.05) is 23.9 Å². The molecule has 8 heteroatoms. The summed E-state index contributed by atoms with van der Waals surface area (Å²) in [7, 11) is 0. The van der Waals surface area contributed by atoms with Gasteiger partial charge in [0.05, 0.1) is 28.3 Å². The van der Waals surface area contributed by atoms with Crippen LogP contribution in [0.1, 0.15) is 12.0 Å². The van der Waals surface area contributed by atoms with Gasteiger partial charge in [0.25, 0.3) is 5.91 Å². The first-order chi connectivity index (χ1) is 13.1. The van der Waals surface area contributed by atoms with Crippen molar-refractivity contribution < 1.29 is 14.3 Å². The minimum absolute atomic E-state index is 0.199. The molecule has 0 saturated carbocycles. The van der Waals surface area contributed by atoms with Gasteiger partial charge >= 0.3 is 5.97 Å². The third-order valence-electron chi connectivity index (χ3n) is 3.47.